The van der Waals surface area contributed by atoms with Crippen molar-refractivity contribution in [3.05, 3.63) is 29.8 Å². The molecule has 3 N–H and O–H groups in total. The summed E-state index contributed by atoms with van der Waals surface area (Å²) >= 11 is 0. The number of amides is 2. The maximum absolute atomic E-state index is 11.7. The van der Waals surface area contributed by atoms with Gasteiger partial charge in [0.1, 0.15) is 0 Å². The lowest BCUT2D eigenvalue weighted by Crippen LogP contribution is -2.17. The van der Waals surface area contributed by atoms with Crippen molar-refractivity contribution in [3.8, 4) is 0 Å². The molecule has 0 bridgehead atoms. The molecule has 5 heteroatoms. The average molecular weight is 353 g/mol. The van der Waals surface area contributed by atoms with Crippen LogP contribution in [0.15, 0.2) is 24.3 Å². The van der Waals surface area contributed by atoms with Gasteiger partial charge in [-0.25, -0.2) is 5.48 Å². The average Bonchev–Trinajstić information content (AvgIpc) is 2.68. The van der Waals surface area contributed by atoms with Gasteiger partial charge < -0.3 is 5.32 Å². The topological polar surface area (TPSA) is 78.4 Å². The van der Waals surface area contributed by atoms with Crippen LogP contribution in [0.2, 0.25) is 0 Å². The summed E-state index contributed by atoms with van der Waals surface area (Å²) in [5.74, 6) is -0.337. The molecule has 1 rings (SSSR count). The molecule has 0 unspecified atom stereocenters. The van der Waals surface area contributed by atoms with Gasteiger partial charge in [0.25, 0.3) is 0 Å². The molecule has 144 valence electrons. The Bertz CT molecular complexity index is 445. The Hall–Kier alpha value is -1.88. The van der Waals surface area contributed by atoms with Crippen molar-refractivity contribution in [1.29, 1.82) is 0 Å². The highest BCUT2D eigenvalue weighted by atomic mass is 16.5. The van der Waals surface area contributed by atoms with E-state index in [0.29, 0.717) is 12.8 Å². The molecule has 0 atom stereocenters. The van der Waals surface area contributed by atoms with Crippen LogP contribution >= 0.6 is 0 Å². The third-order valence-corrected chi connectivity index (χ3v) is 3.33. The van der Waals surface area contributed by atoms with Gasteiger partial charge in [0.05, 0.1) is 0 Å². The summed E-state index contributed by atoms with van der Waals surface area (Å²) in [6, 6.07) is 7.87. The van der Waals surface area contributed by atoms with Crippen LogP contribution in [0.5, 0.6) is 0 Å². The second-order valence-corrected chi connectivity index (χ2v) is 5.05. The fraction of sp³-hybridized carbons (Fsp3) is 0.600. The maximum Gasteiger partial charge on any atom is 0.243 e. The largest absolute Gasteiger partial charge is 0.326 e. The second-order valence-electron chi connectivity index (χ2n) is 5.05. The van der Waals surface area contributed by atoms with Crippen LogP contribution < -0.4 is 10.8 Å². The van der Waals surface area contributed by atoms with Crippen LogP contribution in [0.3, 0.4) is 0 Å². The minimum Gasteiger partial charge on any atom is -0.326 e. The Morgan fingerprint density at radius 2 is 1.32 bits per heavy atom. The molecule has 0 aromatic heterocycles. The lowest BCUT2D eigenvalue weighted by Gasteiger charge is -2.06. The van der Waals surface area contributed by atoms with E-state index in [4.69, 9.17) is 5.21 Å². The smallest absolute Gasteiger partial charge is 0.243 e. The number of hydrogen-bond acceptors (Lipinski definition) is 3. The van der Waals surface area contributed by atoms with Gasteiger partial charge >= 0.3 is 0 Å². The van der Waals surface area contributed by atoms with E-state index in [1.165, 1.54) is 5.56 Å². The summed E-state index contributed by atoms with van der Waals surface area (Å²) in [5.41, 5.74) is 3.69. The molecule has 0 aliphatic heterocycles. The van der Waals surface area contributed by atoms with Crippen molar-refractivity contribution in [2.24, 2.45) is 0 Å². The predicted octanol–water partition coefficient (Wildman–Crippen LogP) is 5.09. The summed E-state index contributed by atoms with van der Waals surface area (Å²) < 4.78 is 0. The normalized spacial score (nSPS) is 9.04. The molecule has 25 heavy (non-hydrogen) atoms. The highest BCUT2D eigenvalue weighted by Gasteiger charge is 2.03. The van der Waals surface area contributed by atoms with Crippen LogP contribution in [-0.2, 0) is 16.0 Å². The van der Waals surface area contributed by atoms with Crippen LogP contribution in [0, 0.1) is 0 Å². The van der Waals surface area contributed by atoms with E-state index in [9.17, 15) is 9.59 Å². The molecule has 1 aromatic rings. The second kappa shape index (κ2) is 18.5. The van der Waals surface area contributed by atoms with E-state index < -0.39 is 0 Å². The van der Waals surface area contributed by atoms with Gasteiger partial charge in [0, 0.05) is 18.5 Å². The van der Waals surface area contributed by atoms with Gasteiger partial charge in [-0.05, 0) is 37.0 Å². The Balaban J connectivity index is 0. The Labute approximate surface area is 153 Å². The van der Waals surface area contributed by atoms with Crippen LogP contribution in [0.1, 0.15) is 78.7 Å². The maximum atomic E-state index is 11.7. The summed E-state index contributed by atoms with van der Waals surface area (Å²) in [7, 11) is 0. The molecule has 0 spiro atoms. The number of carbonyl (C=O) groups is 2. The molecule has 0 saturated heterocycles. The monoisotopic (exact) mass is 352 g/mol. The minimum atomic E-state index is -0.358. The van der Waals surface area contributed by atoms with Crippen LogP contribution in [0.25, 0.3) is 0 Å². The lowest BCUT2D eigenvalue weighted by atomic mass is 10.1. The number of carbonyl (C=O) groups excluding carboxylic acids is 2. The molecule has 0 radical (unpaired) electrons. The molecular weight excluding hydrogens is 316 g/mol. The minimum absolute atomic E-state index is 0.0207. The fourth-order valence-corrected chi connectivity index (χ4v) is 2.03. The first kappa shape index (κ1) is 25.4. The SMILES string of the molecule is CC.CC.CCc1ccc(NC(=O)CCCCCCC(=O)NO)cc1. The van der Waals surface area contributed by atoms with Gasteiger partial charge in [-0.1, -0.05) is 59.6 Å². The van der Waals surface area contributed by atoms with Crippen LogP contribution in [0.4, 0.5) is 5.69 Å². The zero-order valence-electron chi connectivity index (χ0n) is 16.5. The first-order chi connectivity index (χ1) is 12.2. The number of hydroxylamine groups is 1. The summed E-state index contributed by atoms with van der Waals surface area (Å²) in [4.78, 5) is 22.5. The zero-order chi connectivity index (χ0) is 19.5. The summed E-state index contributed by atoms with van der Waals surface area (Å²) in [6.07, 6.45) is 5.12. The van der Waals surface area contributed by atoms with Gasteiger partial charge in [-0.2, -0.15) is 0 Å². The van der Waals surface area contributed by atoms with Crippen molar-refractivity contribution >= 4 is 17.5 Å². The van der Waals surface area contributed by atoms with E-state index in [1.807, 2.05) is 52.0 Å². The molecule has 1 aromatic carbocycles. The number of hydrogen-bond donors (Lipinski definition) is 3. The first-order valence-corrected chi connectivity index (χ1v) is 9.47. The Morgan fingerprint density at radius 1 is 0.840 bits per heavy atom. The van der Waals surface area contributed by atoms with Crippen molar-refractivity contribution < 1.29 is 14.8 Å². The molecule has 0 heterocycles. The van der Waals surface area contributed by atoms with Gasteiger partial charge in [0.2, 0.25) is 11.8 Å². The molecule has 0 aliphatic rings. The summed E-state index contributed by atoms with van der Waals surface area (Å²) in [6.45, 7) is 10.1. The molecule has 2 amide bonds. The first-order valence-electron chi connectivity index (χ1n) is 9.47. The number of nitrogens with one attached hydrogen (secondary N) is 2. The van der Waals surface area contributed by atoms with Gasteiger partial charge in [-0.3, -0.25) is 14.8 Å². The number of unbranched alkanes of at least 4 members (excludes halogenated alkanes) is 3. The van der Waals surface area contributed by atoms with E-state index >= 15 is 0 Å². The van der Waals surface area contributed by atoms with E-state index in [2.05, 4.69) is 12.2 Å². The standard InChI is InChI=1S/C16H24N2O3.2C2H6/c1-2-13-9-11-14(12-10-13)17-15(19)7-5-3-4-6-8-16(20)18-21;2*1-2/h9-12,21H,2-8H2,1H3,(H,17,19)(H,18,20);2*1-2H3. The quantitative estimate of drug-likeness (QED) is 0.329. The van der Waals surface area contributed by atoms with Crippen molar-refractivity contribution in [3.63, 3.8) is 0 Å². The molecule has 0 fully saturated rings. The fourth-order valence-electron chi connectivity index (χ4n) is 2.03. The molecule has 0 saturated carbocycles. The van der Waals surface area contributed by atoms with E-state index in [-0.39, 0.29) is 11.8 Å². The number of rotatable bonds is 9. The number of aryl methyl sites for hydroxylation is 1. The Morgan fingerprint density at radius 3 is 1.76 bits per heavy atom. The van der Waals surface area contributed by atoms with E-state index in [0.717, 1.165) is 37.8 Å². The van der Waals surface area contributed by atoms with Crippen molar-refractivity contribution in [1.82, 2.24) is 5.48 Å². The lowest BCUT2D eigenvalue weighted by molar-refractivity contribution is -0.129. The number of benzene rings is 1. The zero-order valence-corrected chi connectivity index (χ0v) is 16.5. The molecule has 0 aliphatic carbocycles. The highest BCUT2D eigenvalue weighted by Crippen LogP contribution is 2.11. The van der Waals surface area contributed by atoms with Gasteiger partial charge in [-0.15, -0.1) is 0 Å². The summed E-state index contributed by atoms with van der Waals surface area (Å²) in [5, 5.41) is 11.2. The number of anilines is 1. The predicted molar refractivity (Wildman–Crippen MR) is 105 cm³/mol. The third-order valence-electron chi connectivity index (χ3n) is 3.33. The van der Waals surface area contributed by atoms with Crippen molar-refractivity contribution in [2.75, 3.05) is 5.32 Å². The molecular formula is C20H36N2O3. The highest BCUT2D eigenvalue weighted by molar-refractivity contribution is 5.90. The molecule has 5 nitrogen and oxygen atoms in total. The van der Waals surface area contributed by atoms with Crippen LogP contribution in [-0.4, -0.2) is 17.0 Å². The van der Waals surface area contributed by atoms with Gasteiger partial charge in [0.15, 0.2) is 0 Å². The van der Waals surface area contributed by atoms with E-state index in [1.54, 1.807) is 5.48 Å². The Kier molecular flexibility index (Phi) is 18.7. The third kappa shape index (κ3) is 14.2. The van der Waals surface area contributed by atoms with Crippen molar-refractivity contribution in [2.45, 2.75) is 79.6 Å².